The molecule has 0 amide bonds. The number of halogens is 1. The molecule has 0 spiro atoms. The normalized spacial score (nSPS) is 28.5. The van der Waals surface area contributed by atoms with Gasteiger partial charge in [-0.15, -0.1) is 0 Å². The molecule has 1 heterocycles. The van der Waals surface area contributed by atoms with E-state index in [-0.39, 0.29) is 0 Å². The van der Waals surface area contributed by atoms with Gasteiger partial charge < -0.3 is 14.6 Å². The second-order valence-corrected chi connectivity index (χ2v) is 6.31. The van der Waals surface area contributed by atoms with E-state index in [1.807, 2.05) is 38.1 Å². The van der Waals surface area contributed by atoms with Crippen LogP contribution in [-0.4, -0.2) is 22.5 Å². The molecule has 2 atom stereocenters. The van der Waals surface area contributed by atoms with Crippen LogP contribution in [0.4, 0.5) is 0 Å². The molecule has 0 bridgehead atoms. The molecular weight excluding hydrogens is 371 g/mol. The standard InChI is InChI=1S/C15H19IO4/c1-4-15(5-2)19-12(14(3,20-15)13(17)18)10-8-6-7-9-11(10)16/h6-9,12H,4-5H2,1-3H3,(H,17,18)/t12-,14+/m1/s1. The molecule has 1 N–H and O–H groups in total. The van der Waals surface area contributed by atoms with Gasteiger partial charge in [0.2, 0.25) is 0 Å². The van der Waals surface area contributed by atoms with Gasteiger partial charge in [0, 0.05) is 3.57 Å². The van der Waals surface area contributed by atoms with E-state index in [4.69, 9.17) is 9.47 Å². The molecule has 1 aromatic carbocycles. The average molecular weight is 390 g/mol. The highest BCUT2D eigenvalue weighted by molar-refractivity contribution is 14.1. The highest BCUT2D eigenvalue weighted by atomic mass is 127. The first-order valence-corrected chi connectivity index (χ1v) is 7.82. The Morgan fingerprint density at radius 1 is 1.35 bits per heavy atom. The summed E-state index contributed by atoms with van der Waals surface area (Å²) in [4.78, 5) is 11.7. The molecule has 0 aliphatic carbocycles. The van der Waals surface area contributed by atoms with Crippen molar-refractivity contribution in [1.82, 2.24) is 0 Å². The third-order valence-corrected chi connectivity index (χ3v) is 4.90. The van der Waals surface area contributed by atoms with Gasteiger partial charge in [0.25, 0.3) is 0 Å². The molecule has 0 unspecified atom stereocenters. The lowest BCUT2D eigenvalue weighted by molar-refractivity contribution is -0.200. The van der Waals surface area contributed by atoms with Crippen LogP contribution < -0.4 is 0 Å². The van der Waals surface area contributed by atoms with Gasteiger partial charge in [-0.3, -0.25) is 0 Å². The SMILES string of the molecule is CCC1(CC)O[C@H](c2ccccc2I)[C@@](C)(C(=O)O)O1. The van der Waals surface area contributed by atoms with Crippen molar-refractivity contribution in [2.75, 3.05) is 0 Å². The minimum Gasteiger partial charge on any atom is -0.479 e. The zero-order valence-corrected chi connectivity index (χ0v) is 14.0. The average Bonchev–Trinajstić information content (AvgIpc) is 2.75. The number of benzene rings is 1. The van der Waals surface area contributed by atoms with Crippen molar-refractivity contribution in [3.63, 3.8) is 0 Å². The van der Waals surface area contributed by atoms with E-state index in [1.54, 1.807) is 6.92 Å². The van der Waals surface area contributed by atoms with Crippen LogP contribution in [0.1, 0.15) is 45.3 Å². The van der Waals surface area contributed by atoms with E-state index in [0.29, 0.717) is 12.8 Å². The third kappa shape index (κ3) is 2.46. The van der Waals surface area contributed by atoms with Crippen LogP contribution in [0.2, 0.25) is 0 Å². The quantitative estimate of drug-likeness (QED) is 0.796. The smallest absolute Gasteiger partial charge is 0.338 e. The molecule has 1 fully saturated rings. The van der Waals surface area contributed by atoms with Crippen LogP contribution in [0.5, 0.6) is 0 Å². The molecule has 5 heteroatoms. The molecule has 1 saturated heterocycles. The summed E-state index contributed by atoms with van der Waals surface area (Å²) in [7, 11) is 0. The van der Waals surface area contributed by atoms with Gasteiger partial charge in [0.05, 0.1) is 0 Å². The predicted molar refractivity (Wildman–Crippen MR) is 83.4 cm³/mol. The van der Waals surface area contributed by atoms with Crippen molar-refractivity contribution in [3.05, 3.63) is 33.4 Å². The molecule has 1 aliphatic heterocycles. The summed E-state index contributed by atoms with van der Waals surface area (Å²) >= 11 is 2.20. The van der Waals surface area contributed by atoms with E-state index in [0.717, 1.165) is 9.13 Å². The number of carbonyl (C=O) groups is 1. The molecular formula is C15H19IO4. The lowest BCUT2D eigenvalue weighted by Gasteiger charge is -2.26. The molecule has 1 aromatic rings. The van der Waals surface area contributed by atoms with Crippen molar-refractivity contribution < 1.29 is 19.4 Å². The van der Waals surface area contributed by atoms with Crippen molar-refractivity contribution in [1.29, 1.82) is 0 Å². The van der Waals surface area contributed by atoms with Crippen LogP contribution in [-0.2, 0) is 14.3 Å². The first kappa shape index (κ1) is 15.7. The molecule has 0 saturated carbocycles. The highest BCUT2D eigenvalue weighted by Crippen LogP contribution is 2.49. The first-order chi connectivity index (χ1) is 9.38. The number of carboxylic acids is 1. The Labute approximate surface area is 132 Å². The highest BCUT2D eigenvalue weighted by Gasteiger charge is 2.58. The van der Waals surface area contributed by atoms with Crippen molar-refractivity contribution in [3.8, 4) is 0 Å². The number of ether oxygens (including phenoxy) is 2. The summed E-state index contributed by atoms with van der Waals surface area (Å²) in [6, 6.07) is 7.66. The monoisotopic (exact) mass is 390 g/mol. The lowest BCUT2D eigenvalue weighted by atomic mass is 9.93. The fraction of sp³-hybridized carbons (Fsp3) is 0.533. The van der Waals surface area contributed by atoms with E-state index < -0.39 is 23.5 Å². The molecule has 0 aromatic heterocycles. The van der Waals surface area contributed by atoms with E-state index in [1.165, 1.54) is 0 Å². The molecule has 2 rings (SSSR count). The Balaban J connectivity index is 2.50. The molecule has 1 aliphatic rings. The van der Waals surface area contributed by atoms with Gasteiger partial charge in [-0.05, 0) is 54.0 Å². The number of carboxylic acid groups (broad SMARTS) is 1. The van der Waals surface area contributed by atoms with Gasteiger partial charge >= 0.3 is 5.97 Å². The summed E-state index contributed by atoms with van der Waals surface area (Å²) in [5, 5.41) is 9.61. The predicted octanol–water partition coefficient (Wildman–Crippen LogP) is 3.74. The molecule has 110 valence electrons. The largest absolute Gasteiger partial charge is 0.479 e. The zero-order chi connectivity index (χ0) is 15.0. The van der Waals surface area contributed by atoms with Crippen molar-refractivity contribution >= 4 is 28.6 Å². The summed E-state index contributed by atoms with van der Waals surface area (Å²) in [6.07, 6.45) is 0.631. The molecule has 0 radical (unpaired) electrons. The minimum atomic E-state index is -1.37. The van der Waals surface area contributed by atoms with Gasteiger partial charge in [-0.2, -0.15) is 0 Å². The summed E-state index contributed by atoms with van der Waals surface area (Å²) in [5.74, 6) is -1.82. The van der Waals surface area contributed by atoms with E-state index in [2.05, 4.69) is 22.6 Å². The Morgan fingerprint density at radius 2 is 1.95 bits per heavy atom. The molecule has 4 nitrogen and oxygen atoms in total. The molecule has 20 heavy (non-hydrogen) atoms. The van der Waals surface area contributed by atoms with Crippen LogP contribution in [0, 0.1) is 3.57 Å². The van der Waals surface area contributed by atoms with Gasteiger partial charge in [0.1, 0.15) is 6.10 Å². The van der Waals surface area contributed by atoms with Crippen LogP contribution in [0.25, 0.3) is 0 Å². The first-order valence-electron chi connectivity index (χ1n) is 6.74. The number of aliphatic carboxylic acids is 1. The Hall–Kier alpha value is -0.660. The van der Waals surface area contributed by atoms with Crippen molar-refractivity contribution in [2.45, 2.75) is 51.1 Å². The summed E-state index contributed by atoms with van der Waals surface area (Å²) < 4.78 is 13.0. The van der Waals surface area contributed by atoms with Crippen LogP contribution in [0.3, 0.4) is 0 Å². The Kier molecular flexibility index (Phi) is 4.41. The summed E-state index contributed by atoms with van der Waals surface area (Å²) in [5.41, 5.74) is -0.505. The van der Waals surface area contributed by atoms with Gasteiger partial charge in [-0.1, -0.05) is 32.0 Å². The Bertz CT molecular complexity index is 512. The summed E-state index contributed by atoms with van der Waals surface area (Å²) in [6.45, 7) is 5.49. The van der Waals surface area contributed by atoms with Gasteiger partial charge in [0.15, 0.2) is 11.4 Å². The lowest BCUT2D eigenvalue weighted by Crippen LogP contribution is -2.42. The fourth-order valence-corrected chi connectivity index (χ4v) is 3.23. The third-order valence-electron chi connectivity index (χ3n) is 3.92. The maximum atomic E-state index is 11.7. The van der Waals surface area contributed by atoms with E-state index in [9.17, 15) is 9.90 Å². The Morgan fingerprint density at radius 3 is 2.45 bits per heavy atom. The second-order valence-electron chi connectivity index (χ2n) is 5.15. The van der Waals surface area contributed by atoms with Crippen molar-refractivity contribution in [2.24, 2.45) is 0 Å². The fourth-order valence-electron chi connectivity index (χ4n) is 2.56. The maximum Gasteiger partial charge on any atom is 0.338 e. The number of hydrogen-bond donors (Lipinski definition) is 1. The minimum absolute atomic E-state index is 0.604. The van der Waals surface area contributed by atoms with Crippen LogP contribution in [0.15, 0.2) is 24.3 Å². The van der Waals surface area contributed by atoms with Gasteiger partial charge in [-0.25, -0.2) is 4.79 Å². The topological polar surface area (TPSA) is 55.8 Å². The van der Waals surface area contributed by atoms with E-state index >= 15 is 0 Å². The number of hydrogen-bond acceptors (Lipinski definition) is 3. The second kappa shape index (κ2) is 5.61. The van der Waals surface area contributed by atoms with Crippen LogP contribution >= 0.6 is 22.6 Å². The maximum absolute atomic E-state index is 11.7. The number of rotatable bonds is 4. The zero-order valence-electron chi connectivity index (χ0n) is 11.9.